The van der Waals surface area contributed by atoms with Crippen molar-refractivity contribution in [3.8, 4) is 17.2 Å². The zero-order valence-electron chi connectivity index (χ0n) is 27.4. The molecule has 0 aliphatic carbocycles. The van der Waals surface area contributed by atoms with E-state index < -0.39 is 5.54 Å². The molecule has 2 aliphatic rings. The number of aromatic nitrogens is 7. The highest BCUT2D eigenvalue weighted by molar-refractivity contribution is 6.07. The van der Waals surface area contributed by atoms with Gasteiger partial charge in [-0.25, -0.2) is 4.98 Å². The van der Waals surface area contributed by atoms with Crippen LogP contribution < -0.4 is 15.1 Å². The minimum absolute atomic E-state index is 0.223. The van der Waals surface area contributed by atoms with E-state index in [9.17, 15) is 4.79 Å². The van der Waals surface area contributed by atoms with E-state index in [1.165, 1.54) is 6.42 Å². The summed E-state index contributed by atoms with van der Waals surface area (Å²) in [4.78, 5) is 37.8. The number of hydrogen-bond acceptors (Lipinski definition) is 10. The Labute approximate surface area is 274 Å². The summed E-state index contributed by atoms with van der Waals surface area (Å²) >= 11 is 0. The fraction of sp³-hybridized carbons (Fsp3) is 0.400. The van der Waals surface area contributed by atoms with Crippen molar-refractivity contribution in [3.63, 3.8) is 0 Å². The summed E-state index contributed by atoms with van der Waals surface area (Å²) in [7, 11) is 0. The van der Waals surface area contributed by atoms with Crippen LogP contribution in [0.2, 0.25) is 0 Å². The van der Waals surface area contributed by atoms with Gasteiger partial charge in [0.05, 0.1) is 41.7 Å². The Morgan fingerprint density at radius 2 is 1.47 bits per heavy atom. The van der Waals surface area contributed by atoms with Gasteiger partial charge in [0.2, 0.25) is 11.9 Å². The number of amides is 1. The molecule has 12 heteroatoms. The molecule has 12 nitrogen and oxygen atoms in total. The topological polar surface area (TPSA) is 127 Å². The fourth-order valence-corrected chi connectivity index (χ4v) is 6.08. The second-order valence-corrected chi connectivity index (χ2v) is 12.9. The number of ether oxygens (including phenoxy) is 1. The first-order valence-electron chi connectivity index (χ1n) is 16.3. The monoisotopic (exact) mass is 632 g/mol. The molecule has 47 heavy (non-hydrogen) atoms. The first kappa shape index (κ1) is 30.7. The molecule has 2 saturated heterocycles. The average Bonchev–Trinajstić information content (AvgIpc) is 3.61. The Kier molecular flexibility index (Phi) is 8.27. The minimum atomic E-state index is -0.868. The van der Waals surface area contributed by atoms with Gasteiger partial charge in [-0.2, -0.15) is 19.6 Å². The second-order valence-electron chi connectivity index (χ2n) is 12.9. The van der Waals surface area contributed by atoms with E-state index in [0.29, 0.717) is 55.4 Å². The number of piperidine rings is 1. The van der Waals surface area contributed by atoms with Gasteiger partial charge in [0.25, 0.3) is 11.9 Å². The zero-order valence-corrected chi connectivity index (χ0v) is 27.4. The van der Waals surface area contributed by atoms with E-state index in [1.54, 1.807) is 10.9 Å². The Hall–Kier alpha value is -4.97. The number of nitrogens with zero attached hydrogens (tertiary/aromatic N) is 9. The van der Waals surface area contributed by atoms with Gasteiger partial charge < -0.3 is 19.9 Å². The molecule has 2 aliphatic heterocycles. The predicted molar refractivity (Wildman–Crippen MR) is 181 cm³/mol. The summed E-state index contributed by atoms with van der Waals surface area (Å²) < 4.78 is 7.14. The molecule has 0 spiro atoms. The largest absolute Gasteiger partial charge is 0.378 e. The van der Waals surface area contributed by atoms with Crippen LogP contribution in [0.15, 0.2) is 54.7 Å². The van der Waals surface area contributed by atoms with Crippen LogP contribution in [-0.4, -0.2) is 80.2 Å². The molecule has 0 atom stereocenters. The van der Waals surface area contributed by atoms with E-state index >= 15 is 0 Å². The normalized spacial score (nSPS) is 15.7. The van der Waals surface area contributed by atoms with Gasteiger partial charge in [-0.3, -0.25) is 4.79 Å². The number of carbonyl (C=O) groups is 1. The van der Waals surface area contributed by atoms with Crippen molar-refractivity contribution in [2.75, 3.05) is 49.2 Å². The van der Waals surface area contributed by atoms with Crippen LogP contribution in [0, 0.1) is 13.8 Å². The first-order chi connectivity index (χ1) is 22.7. The average molecular weight is 633 g/mol. The molecule has 1 amide bonds. The van der Waals surface area contributed by atoms with Gasteiger partial charge in [-0.15, -0.1) is 5.10 Å². The molecular formula is C35H40N10O2. The molecule has 5 aromatic rings. The maximum absolute atomic E-state index is 14.1. The summed E-state index contributed by atoms with van der Waals surface area (Å²) in [5.41, 5.74) is 4.94. The molecule has 3 aromatic heterocycles. The smallest absolute Gasteiger partial charge is 0.258 e. The van der Waals surface area contributed by atoms with Crippen LogP contribution >= 0.6 is 0 Å². The van der Waals surface area contributed by atoms with Gasteiger partial charge in [-0.05, 0) is 76.3 Å². The number of benzene rings is 2. The van der Waals surface area contributed by atoms with Gasteiger partial charge in [-0.1, -0.05) is 35.5 Å². The standard InChI is InChI=1S/C35H40N10O2/c1-23-19-26-27(21-28(25-11-7-5-8-12-25)36-29(26)20-24(23)2)31(46)40-35(3,4)30-22-45(42-41-30)34-38-32(43-13-9-6-10-14-43)37-33(39-34)44-15-17-47-18-16-44/h5,7-8,11-12,19-22H,6,9-10,13-18H2,1-4H3,(H,40,46). The zero-order chi connectivity index (χ0) is 32.5. The molecular weight excluding hydrogens is 592 g/mol. The van der Waals surface area contributed by atoms with Crippen molar-refractivity contribution in [2.45, 2.75) is 52.5 Å². The lowest BCUT2D eigenvalue weighted by atomic mass is 9.97. The molecule has 242 valence electrons. The maximum Gasteiger partial charge on any atom is 0.258 e. The predicted octanol–water partition coefficient (Wildman–Crippen LogP) is 4.78. The van der Waals surface area contributed by atoms with Crippen LogP contribution in [0.3, 0.4) is 0 Å². The third kappa shape index (κ3) is 6.37. The molecule has 1 N–H and O–H groups in total. The number of morpholine rings is 1. The van der Waals surface area contributed by atoms with Gasteiger partial charge in [0.1, 0.15) is 5.69 Å². The van der Waals surface area contributed by atoms with Crippen molar-refractivity contribution in [2.24, 2.45) is 0 Å². The van der Waals surface area contributed by atoms with E-state index in [-0.39, 0.29) is 5.91 Å². The molecule has 0 bridgehead atoms. The lowest BCUT2D eigenvalue weighted by Gasteiger charge is -2.30. The third-order valence-electron chi connectivity index (χ3n) is 9.04. The quantitative estimate of drug-likeness (QED) is 0.268. The van der Waals surface area contributed by atoms with E-state index in [2.05, 4.69) is 32.4 Å². The fourth-order valence-electron chi connectivity index (χ4n) is 6.08. The Balaban J connectivity index is 1.21. The van der Waals surface area contributed by atoms with Crippen molar-refractivity contribution in [1.29, 1.82) is 0 Å². The van der Waals surface area contributed by atoms with Crippen molar-refractivity contribution in [1.82, 2.24) is 40.2 Å². The Morgan fingerprint density at radius 3 is 2.19 bits per heavy atom. The summed E-state index contributed by atoms with van der Waals surface area (Å²) in [6.07, 6.45) is 5.20. The summed E-state index contributed by atoms with van der Waals surface area (Å²) in [5.74, 6) is 1.42. The molecule has 2 aromatic carbocycles. The number of anilines is 2. The van der Waals surface area contributed by atoms with Crippen LogP contribution in [0.4, 0.5) is 11.9 Å². The summed E-state index contributed by atoms with van der Waals surface area (Å²) in [6, 6.07) is 15.9. The molecule has 2 fully saturated rings. The molecule has 0 unspecified atom stereocenters. The van der Waals surface area contributed by atoms with Crippen molar-refractivity contribution in [3.05, 3.63) is 77.1 Å². The lowest BCUT2D eigenvalue weighted by Crippen LogP contribution is -2.41. The Morgan fingerprint density at radius 1 is 0.809 bits per heavy atom. The molecule has 0 radical (unpaired) electrons. The maximum atomic E-state index is 14.1. The Bertz CT molecular complexity index is 1870. The van der Waals surface area contributed by atoms with Gasteiger partial charge in [0, 0.05) is 37.1 Å². The summed E-state index contributed by atoms with van der Waals surface area (Å²) in [5, 5.41) is 12.9. The van der Waals surface area contributed by atoms with Crippen molar-refractivity contribution >= 4 is 28.7 Å². The summed E-state index contributed by atoms with van der Waals surface area (Å²) in [6.45, 7) is 12.4. The molecule has 7 rings (SSSR count). The SMILES string of the molecule is Cc1cc2nc(-c3ccccc3)cc(C(=O)NC(C)(C)c3cn(-c4nc(N5CCCCC5)nc(N5CCOCC5)n4)nn3)c2cc1C. The second kappa shape index (κ2) is 12.7. The number of aryl methyl sites for hydroxylation is 2. The highest BCUT2D eigenvalue weighted by Gasteiger charge is 2.29. The number of carbonyl (C=O) groups excluding carboxylic acids is 1. The van der Waals surface area contributed by atoms with Crippen LogP contribution in [0.1, 0.15) is 60.3 Å². The van der Waals surface area contributed by atoms with Gasteiger partial charge >= 0.3 is 0 Å². The molecule has 5 heterocycles. The van der Waals surface area contributed by atoms with E-state index in [0.717, 1.165) is 59.2 Å². The number of pyridine rings is 1. The number of fused-ring (bicyclic) bond motifs is 1. The highest BCUT2D eigenvalue weighted by Crippen LogP contribution is 2.29. The minimum Gasteiger partial charge on any atom is -0.378 e. The first-order valence-corrected chi connectivity index (χ1v) is 16.3. The van der Waals surface area contributed by atoms with Crippen molar-refractivity contribution < 1.29 is 9.53 Å². The van der Waals surface area contributed by atoms with Crippen LogP contribution in [0.5, 0.6) is 0 Å². The third-order valence-corrected chi connectivity index (χ3v) is 9.04. The number of rotatable bonds is 7. The van der Waals surface area contributed by atoms with E-state index in [4.69, 9.17) is 24.7 Å². The van der Waals surface area contributed by atoms with Crippen LogP contribution in [0.25, 0.3) is 28.1 Å². The number of hydrogen-bond donors (Lipinski definition) is 1. The van der Waals surface area contributed by atoms with E-state index in [1.807, 2.05) is 69.3 Å². The van der Waals surface area contributed by atoms with Gasteiger partial charge in [0.15, 0.2) is 0 Å². The number of nitrogens with one attached hydrogen (secondary N) is 1. The molecule has 0 saturated carbocycles. The van der Waals surface area contributed by atoms with Crippen LogP contribution in [-0.2, 0) is 10.3 Å². The lowest BCUT2D eigenvalue weighted by molar-refractivity contribution is 0.0912. The highest BCUT2D eigenvalue weighted by atomic mass is 16.5.